The second-order valence-electron chi connectivity index (χ2n) is 4.07. The van der Waals surface area contributed by atoms with Gasteiger partial charge in [-0.15, -0.1) is 0 Å². The van der Waals surface area contributed by atoms with Crippen LogP contribution in [0.25, 0.3) is 0 Å². The number of aromatic nitrogens is 2. The van der Waals surface area contributed by atoms with Gasteiger partial charge in [0.2, 0.25) is 0 Å². The van der Waals surface area contributed by atoms with Crippen LogP contribution >= 0.6 is 15.9 Å². The standard InChI is InChI=1S/C13H16BrN3/c1-3-17-12(6-7-16-17)13(15)10-5-4-9(2)8-11(10)14/h4-8,13H,3,15H2,1-2H3. The Hall–Kier alpha value is -1.13. The van der Waals surface area contributed by atoms with Crippen molar-refractivity contribution in [1.82, 2.24) is 9.78 Å². The zero-order chi connectivity index (χ0) is 12.4. The van der Waals surface area contributed by atoms with Gasteiger partial charge in [0, 0.05) is 17.2 Å². The predicted octanol–water partition coefficient (Wildman–Crippen LogP) is 3.02. The van der Waals surface area contributed by atoms with Crippen LogP contribution in [0.5, 0.6) is 0 Å². The fourth-order valence-electron chi connectivity index (χ4n) is 1.92. The molecular weight excluding hydrogens is 278 g/mol. The van der Waals surface area contributed by atoms with Crippen LogP contribution in [0.1, 0.15) is 29.8 Å². The SMILES string of the molecule is CCn1nccc1C(N)c1ccc(C)cc1Br. The third-order valence-corrected chi connectivity index (χ3v) is 3.55. The molecule has 0 saturated carbocycles. The zero-order valence-corrected chi connectivity index (χ0v) is 11.6. The number of nitrogens with zero attached hydrogens (tertiary/aromatic N) is 2. The van der Waals surface area contributed by atoms with E-state index >= 15 is 0 Å². The molecule has 1 aromatic heterocycles. The minimum Gasteiger partial charge on any atom is -0.319 e. The monoisotopic (exact) mass is 293 g/mol. The highest BCUT2D eigenvalue weighted by Crippen LogP contribution is 2.27. The molecule has 0 aliphatic rings. The minimum atomic E-state index is -0.146. The fourth-order valence-corrected chi connectivity index (χ4v) is 2.65. The molecule has 0 bridgehead atoms. The summed E-state index contributed by atoms with van der Waals surface area (Å²) in [6, 6.07) is 8.05. The molecule has 0 radical (unpaired) electrons. The molecule has 1 atom stereocenters. The van der Waals surface area contributed by atoms with Crippen LogP contribution in [0.3, 0.4) is 0 Å². The van der Waals surface area contributed by atoms with Gasteiger partial charge in [0.25, 0.3) is 0 Å². The molecule has 90 valence electrons. The first-order chi connectivity index (χ1) is 8.13. The number of halogens is 1. The summed E-state index contributed by atoms with van der Waals surface area (Å²) >= 11 is 3.57. The molecule has 0 spiro atoms. The molecule has 0 aliphatic carbocycles. The Labute approximate surface area is 110 Å². The fraction of sp³-hybridized carbons (Fsp3) is 0.308. The Morgan fingerprint density at radius 2 is 2.18 bits per heavy atom. The lowest BCUT2D eigenvalue weighted by Gasteiger charge is -2.15. The molecule has 1 heterocycles. The van der Waals surface area contributed by atoms with Crippen molar-refractivity contribution in [2.75, 3.05) is 0 Å². The van der Waals surface area contributed by atoms with Gasteiger partial charge in [-0.1, -0.05) is 28.1 Å². The van der Waals surface area contributed by atoms with Gasteiger partial charge < -0.3 is 5.73 Å². The minimum absolute atomic E-state index is 0.146. The van der Waals surface area contributed by atoms with E-state index in [4.69, 9.17) is 5.73 Å². The van der Waals surface area contributed by atoms with Crippen molar-refractivity contribution in [2.45, 2.75) is 26.4 Å². The largest absolute Gasteiger partial charge is 0.319 e. The van der Waals surface area contributed by atoms with E-state index in [0.717, 1.165) is 22.3 Å². The lowest BCUT2D eigenvalue weighted by atomic mass is 10.0. The Balaban J connectivity index is 2.40. The summed E-state index contributed by atoms with van der Waals surface area (Å²) in [5.41, 5.74) is 9.64. The molecule has 2 rings (SSSR count). The molecule has 1 unspecified atom stereocenters. The van der Waals surface area contributed by atoms with Gasteiger partial charge in [0.05, 0.1) is 11.7 Å². The van der Waals surface area contributed by atoms with Gasteiger partial charge >= 0.3 is 0 Å². The second-order valence-corrected chi connectivity index (χ2v) is 4.93. The van der Waals surface area contributed by atoms with Crippen molar-refractivity contribution in [2.24, 2.45) is 5.73 Å². The Bertz CT molecular complexity index is 519. The van der Waals surface area contributed by atoms with Gasteiger partial charge in [-0.05, 0) is 37.1 Å². The third-order valence-electron chi connectivity index (χ3n) is 2.86. The van der Waals surface area contributed by atoms with Gasteiger partial charge in [-0.3, -0.25) is 4.68 Å². The van der Waals surface area contributed by atoms with Gasteiger partial charge in [0.1, 0.15) is 0 Å². The quantitative estimate of drug-likeness (QED) is 0.945. The van der Waals surface area contributed by atoms with E-state index in [-0.39, 0.29) is 6.04 Å². The van der Waals surface area contributed by atoms with Crippen LogP contribution in [0.4, 0.5) is 0 Å². The van der Waals surface area contributed by atoms with Crippen molar-refractivity contribution in [3.05, 3.63) is 51.8 Å². The van der Waals surface area contributed by atoms with Crippen LogP contribution in [0.15, 0.2) is 34.9 Å². The number of benzene rings is 1. The van der Waals surface area contributed by atoms with E-state index in [1.807, 2.05) is 10.7 Å². The van der Waals surface area contributed by atoms with E-state index in [9.17, 15) is 0 Å². The summed E-state index contributed by atoms with van der Waals surface area (Å²) < 4.78 is 2.98. The number of nitrogens with two attached hydrogens (primary N) is 1. The second kappa shape index (κ2) is 5.02. The molecule has 2 aromatic rings. The summed E-state index contributed by atoms with van der Waals surface area (Å²) in [6.07, 6.45) is 1.79. The van der Waals surface area contributed by atoms with Crippen LogP contribution in [-0.2, 0) is 6.54 Å². The zero-order valence-electron chi connectivity index (χ0n) is 10.0. The maximum atomic E-state index is 6.30. The lowest BCUT2D eigenvalue weighted by Crippen LogP contribution is -2.17. The molecule has 1 aromatic carbocycles. The van der Waals surface area contributed by atoms with E-state index in [2.05, 4.69) is 53.1 Å². The number of hydrogen-bond donors (Lipinski definition) is 1. The number of rotatable bonds is 3. The smallest absolute Gasteiger partial charge is 0.0734 e. The molecule has 17 heavy (non-hydrogen) atoms. The van der Waals surface area contributed by atoms with Crippen molar-refractivity contribution < 1.29 is 0 Å². The molecule has 0 fully saturated rings. The van der Waals surface area contributed by atoms with Gasteiger partial charge in [-0.2, -0.15) is 5.10 Å². The Morgan fingerprint density at radius 3 is 2.82 bits per heavy atom. The summed E-state index contributed by atoms with van der Waals surface area (Å²) in [5.74, 6) is 0. The summed E-state index contributed by atoms with van der Waals surface area (Å²) in [5, 5.41) is 4.25. The number of aryl methyl sites for hydroxylation is 2. The van der Waals surface area contributed by atoms with Gasteiger partial charge in [0.15, 0.2) is 0 Å². The van der Waals surface area contributed by atoms with E-state index < -0.39 is 0 Å². The highest BCUT2D eigenvalue weighted by Gasteiger charge is 2.15. The molecule has 2 N–H and O–H groups in total. The highest BCUT2D eigenvalue weighted by molar-refractivity contribution is 9.10. The van der Waals surface area contributed by atoms with Crippen molar-refractivity contribution in [3.8, 4) is 0 Å². The first-order valence-corrected chi connectivity index (χ1v) is 6.46. The molecule has 0 amide bonds. The van der Waals surface area contributed by atoms with Crippen molar-refractivity contribution >= 4 is 15.9 Å². The molecule has 0 saturated heterocycles. The maximum absolute atomic E-state index is 6.30. The Kier molecular flexibility index (Phi) is 3.64. The summed E-state index contributed by atoms with van der Waals surface area (Å²) in [7, 11) is 0. The summed E-state index contributed by atoms with van der Waals surface area (Å²) in [4.78, 5) is 0. The van der Waals surface area contributed by atoms with E-state index in [1.54, 1.807) is 6.20 Å². The van der Waals surface area contributed by atoms with Crippen LogP contribution in [0, 0.1) is 6.92 Å². The highest BCUT2D eigenvalue weighted by atomic mass is 79.9. The van der Waals surface area contributed by atoms with Crippen molar-refractivity contribution in [1.29, 1.82) is 0 Å². The first kappa shape index (κ1) is 12.3. The van der Waals surface area contributed by atoms with Crippen molar-refractivity contribution in [3.63, 3.8) is 0 Å². The normalized spacial score (nSPS) is 12.7. The molecule has 0 aliphatic heterocycles. The average molecular weight is 294 g/mol. The Morgan fingerprint density at radius 1 is 1.41 bits per heavy atom. The van der Waals surface area contributed by atoms with E-state index in [0.29, 0.717) is 0 Å². The maximum Gasteiger partial charge on any atom is 0.0734 e. The average Bonchev–Trinajstić information content (AvgIpc) is 2.76. The first-order valence-electron chi connectivity index (χ1n) is 5.66. The number of hydrogen-bond acceptors (Lipinski definition) is 2. The van der Waals surface area contributed by atoms with E-state index in [1.165, 1.54) is 5.56 Å². The molecule has 3 nitrogen and oxygen atoms in total. The topological polar surface area (TPSA) is 43.8 Å². The van der Waals surface area contributed by atoms with Crippen LogP contribution in [-0.4, -0.2) is 9.78 Å². The van der Waals surface area contributed by atoms with Gasteiger partial charge in [-0.25, -0.2) is 0 Å². The summed E-state index contributed by atoms with van der Waals surface area (Å²) in [6.45, 7) is 4.96. The predicted molar refractivity (Wildman–Crippen MR) is 72.8 cm³/mol. The lowest BCUT2D eigenvalue weighted by molar-refractivity contribution is 0.600. The molecule has 4 heteroatoms. The molecular formula is C13H16BrN3. The van der Waals surface area contributed by atoms with Crippen LogP contribution < -0.4 is 5.73 Å². The van der Waals surface area contributed by atoms with Crippen LogP contribution in [0.2, 0.25) is 0 Å². The third kappa shape index (κ3) is 2.42.